The van der Waals surface area contributed by atoms with Crippen LogP contribution in [0.1, 0.15) is 48.8 Å². The molecule has 0 aromatic carbocycles. The Balaban J connectivity index is 1.77. The van der Waals surface area contributed by atoms with Gasteiger partial charge in [-0.25, -0.2) is 4.79 Å². The normalized spacial score (nSPS) is 18.4. The lowest BCUT2D eigenvalue weighted by Crippen LogP contribution is -2.49. The highest BCUT2D eigenvalue weighted by Crippen LogP contribution is 2.21. The van der Waals surface area contributed by atoms with Crippen molar-refractivity contribution in [2.24, 2.45) is 0 Å². The Morgan fingerprint density at radius 2 is 2.10 bits per heavy atom. The zero-order valence-corrected chi connectivity index (χ0v) is 13.3. The second kappa shape index (κ2) is 6.24. The lowest BCUT2D eigenvalue weighted by Gasteiger charge is -2.41. The second-order valence-corrected chi connectivity index (χ2v) is 7.42. The molecule has 1 saturated heterocycles. The first-order valence-electron chi connectivity index (χ1n) is 7.15. The number of carboxylic acids is 1. The number of hydrogen-bond acceptors (Lipinski definition) is 4. The molecule has 1 aliphatic heterocycles. The van der Waals surface area contributed by atoms with Crippen LogP contribution in [0.25, 0.3) is 0 Å². The molecule has 0 spiro atoms. The van der Waals surface area contributed by atoms with Gasteiger partial charge < -0.3 is 10.4 Å². The van der Waals surface area contributed by atoms with Crippen LogP contribution in [0.3, 0.4) is 0 Å². The first kappa shape index (κ1) is 15.5. The lowest BCUT2D eigenvalue weighted by molar-refractivity contribution is 0.0697. The van der Waals surface area contributed by atoms with Crippen LogP contribution in [-0.4, -0.2) is 40.6 Å². The molecule has 1 aromatic rings. The summed E-state index contributed by atoms with van der Waals surface area (Å²) in [5, 5.41) is 14.2. The van der Waals surface area contributed by atoms with Gasteiger partial charge in [-0.05, 0) is 39.7 Å². The van der Waals surface area contributed by atoms with E-state index in [9.17, 15) is 4.79 Å². The number of carboxylic acid groups (broad SMARTS) is 1. The lowest BCUT2D eigenvalue weighted by atomic mass is 9.98. The number of nitrogens with zero attached hydrogens (tertiary/aromatic N) is 1. The summed E-state index contributed by atoms with van der Waals surface area (Å²) in [6.07, 6.45) is 2.32. The minimum Gasteiger partial charge on any atom is -0.478 e. The Labute approximate surface area is 124 Å². The number of hydrogen-bond donors (Lipinski definition) is 2. The summed E-state index contributed by atoms with van der Waals surface area (Å²) in [4.78, 5) is 14.5. The third-order valence-electron chi connectivity index (χ3n) is 3.91. The van der Waals surface area contributed by atoms with E-state index in [0.29, 0.717) is 11.6 Å². The van der Waals surface area contributed by atoms with Crippen LogP contribution in [0, 0.1) is 0 Å². The van der Waals surface area contributed by atoms with Crippen LogP contribution in [-0.2, 0) is 6.54 Å². The van der Waals surface area contributed by atoms with E-state index < -0.39 is 5.97 Å². The number of piperidine rings is 1. The van der Waals surface area contributed by atoms with Crippen LogP contribution in [0.2, 0.25) is 0 Å². The summed E-state index contributed by atoms with van der Waals surface area (Å²) >= 11 is 1.52. The maximum absolute atomic E-state index is 10.8. The Kier molecular flexibility index (Phi) is 4.83. The van der Waals surface area contributed by atoms with Crippen molar-refractivity contribution in [2.75, 3.05) is 13.1 Å². The number of likely N-dealkylation sites (tertiary alicyclic amines) is 1. The van der Waals surface area contributed by atoms with E-state index >= 15 is 0 Å². The van der Waals surface area contributed by atoms with Gasteiger partial charge in [0.1, 0.15) is 0 Å². The molecule has 20 heavy (non-hydrogen) atoms. The van der Waals surface area contributed by atoms with Crippen molar-refractivity contribution in [3.8, 4) is 0 Å². The fourth-order valence-corrected chi connectivity index (χ4v) is 3.39. The fourth-order valence-electron chi connectivity index (χ4n) is 2.58. The van der Waals surface area contributed by atoms with Crippen molar-refractivity contribution in [2.45, 2.75) is 51.7 Å². The molecule has 0 bridgehead atoms. The smallest absolute Gasteiger partial charge is 0.336 e. The largest absolute Gasteiger partial charge is 0.478 e. The van der Waals surface area contributed by atoms with Gasteiger partial charge in [-0.3, -0.25) is 4.90 Å². The number of thiophene rings is 1. The third-order valence-corrected chi connectivity index (χ3v) is 4.85. The Morgan fingerprint density at radius 3 is 2.60 bits per heavy atom. The zero-order chi connectivity index (χ0) is 14.8. The van der Waals surface area contributed by atoms with E-state index in [4.69, 9.17) is 5.11 Å². The predicted molar refractivity (Wildman–Crippen MR) is 82.5 cm³/mol. The number of aromatic carboxylic acids is 1. The molecule has 2 rings (SSSR count). The molecule has 0 aliphatic carbocycles. The van der Waals surface area contributed by atoms with E-state index in [1.165, 1.54) is 11.3 Å². The van der Waals surface area contributed by atoms with E-state index in [1.807, 2.05) is 0 Å². The van der Waals surface area contributed by atoms with Crippen molar-refractivity contribution in [3.63, 3.8) is 0 Å². The molecule has 0 atom stereocenters. The molecule has 1 aliphatic rings. The third kappa shape index (κ3) is 4.04. The van der Waals surface area contributed by atoms with Crippen molar-refractivity contribution >= 4 is 17.3 Å². The van der Waals surface area contributed by atoms with Gasteiger partial charge in [0.25, 0.3) is 0 Å². The van der Waals surface area contributed by atoms with Gasteiger partial charge in [0.15, 0.2) is 0 Å². The first-order valence-corrected chi connectivity index (χ1v) is 8.03. The van der Waals surface area contributed by atoms with Crippen LogP contribution < -0.4 is 5.32 Å². The van der Waals surface area contributed by atoms with E-state index in [2.05, 4.69) is 31.0 Å². The van der Waals surface area contributed by atoms with Gasteiger partial charge >= 0.3 is 5.97 Å². The van der Waals surface area contributed by atoms with Crippen molar-refractivity contribution in [1.82, 2.24) is 10.2 Å². The molecule has 1 aromatic heterocycles. The summed E-state index contributed by atoms with van der Waals surface area (Å²) in [6, 6.07) is 2.31. The number of nitrogens with one attached hydrogen (secondary N) is 1. The molecule has 2 heterocycles. The summed E-state index contributed by atoms with van der Waals surface area (Å²) in [7, 11) is 0. The number of rotatable bonds is 4. The quantitative estimate of drug-likeness (QED) is 0.897. The van der Waals surface area contributed by atoms with E-state index in [-0.39, 0.29) is 5.54 Å². The summed E-state index contributed by atoms with van der Waals surface area (Å²) in [5.41, 5.74) is 0.657. The van der Waals surface area contributed by atoms with E-state index in [0.717, 1.165) is 37.4 Å². The van der Waals surface area contributed by atoms with Crippen molar-refractivity contribution < 1.29 is 9.90 Å². The molecule has 0 saturated carbocycles. The molecule has 112 valence electrons. The van der Waals surface area contributed by atoms with Crippen LogP contribution >= 0.6 is 11.3 Å². The second-order valence-electron chi connectivity index (χ2n) is 6.42. The average molecular weight is 296 g/mol. The van der Waals surface area contributed by atoms with Gasteiger partial charge in [0.05, 0.1) is 5.56 Å². The SMILES string of the molecule is CC(C)(C)N1CCC(NCc2cc(C(=O)O)cs2)CC1. The highest BCUT2D eigenvalue weighted by molar-refractivity contribution is 7.10. The standard InChI is InChI=1S/C15H24N2O2S/c1-15(2,3)17-6-4-12(5-7-17)16-9-13-8-11(10-20-13)14(18)19/h8,10,12,16H,4-7,9H2,1-3H3,(H,18,19). The van der Waals surface area contributed by atoms with Crippen LogP contribution in [0.5, 0.6) is 0 Å². The van der Waals surface area contributed by atoms with Crippen LogP contribution in [0.15, 0.2) is 11.4 Å². The molecule has 0 amide bonds. The van der Waals surface area contributed by atoms with Gasteiger partial charge in [-0.1, -0.05) is 0 Å². The maximum Gasteiger partial charge on any atom is 0.336 e. The molecule has 0 radical (unpaired) electrons. The van der Waals surface area contributed by atoms with E-state index in [1.54, 1.807) is 11.4 Å². The van der Waals surface area contributed by atoms with Gasteiger partial charge in [0.2, 0.25) is 0 Å². The topological polar surface area (TPSA) is 52.6 Å². The first-order chi connectivity index (χ1) is 9.36. The summed E-state index contributed by atoms with van der Waals surface area (Å²) < 4.78 is 0. The fraction of sp³-hybridized carbons (Fsp3) is 0.667. The minimum absolute atomic E-state index is 0.259. The molecule has 2 N–H and O–H groups in total. The van der Waals surface area contributed by atoms with Gasteiger partial charge in [0, 0.05) is 41.5 Å². The highest BCUT2D eigenvalue weighted by atomic mass is 32.1. The van der Waals surface area contributed by atoms with Gasteiger partial charge in [-0.2, -0.15) is 0 Å². The van der Waals surface area contributed by atoms with Crippen molar-refractivity contribution in [3.05, 3.63) is 21.9 Å². The molecular formula is C15H24N2O2S. The Morgan fingerprint density at radius 1 is 1.45 bits per heavy atom. The molecular weight excluding hydrogens is 272 g/mol. The molecule has 4 nitrogen and oxygen atoms in total. The van der Waals surface area contributed by atoms with Crippen LogP contribution in [0.4, 0.5) is 0 Å². The zero-order valence-electron chi connectivity index (χ0n) is 12.5. The molecule has 5 heteroatoms. The Bertz CT molecular complexity index is 457. The summed E-state index contributed by atoms with van der Waals surface area (Å²) in [6.45, 7) is 9.83. The number of carbonyl (C=O) groups is 1. The van der Waals surface area contributed by atoms with Crippen molar-refractivity contribution in [1.29, 1.82) is 0 Å². The maximum atomic E-state index is 10.8. The van der Waals surface area contributed by atoms with Gasteiger partial charge in [-0.15, -0.1) is 11.3 Å². The molecule has 0 unspecified atom stereocenters. The average Bonchev–Trinajstić information content (AvgIpc) is 2.85. The monoisotopic (exact) mass is 296 g/mol. The summed E-state index contributed by atoms with van der Waals surface area (Å²) in [5.74, 6) is -0.842. The highest BCUT2D eigenvalue weighted by Gasteiger charge is 2.26. The predicted octanol–water partition coefficient (Wildman–Crippen LogP) is 2.80. The Hall–Kier alpha value is -0.910. The minimum atomic E-state index is -0.842. The molecule has 1 fully saturated rings.